The lowest BCUT2D eigenvalue weighted by Gasteiger charge is -2.31. The summed E-state index contributed by atoms with van der Waals surface area (Å²) in [6, 6.07) is 4.87. The molecule has 0 aliphatic carbocycles. The van der Waals surface area contributed by atoms with Gasteiger partial charge in [-0.2, -0.15) is 0 Å². The van der Waals surface area contributed by atoms with Gasteiger partial charge in [0.05, 0.1) is 0 Å². The zero-order valence-corrected chi connectivity index (χ0v) is 13.6. The van der Waals surface area contributed by atoms with Crippen molar-refractivity contribution >= 4 is 12.1 Å². The van der Waals surface area contributed by atoms with Gasteiger partial charge in [-0.25, -0.2) is 14.0 Å². The van der Waals surface area contributed by atoms with Crippen molar-refractivity contribution < 1.29 is 23.8 Å². The number of hydrogen-bond donors (Lipinski definition) is 1. The van der Waals surface area contributed by atoms with Crippen LogP contribution in [0.4, 0.5) is 9.18 Å². The summed E-state index contributed by atoms with van der Waals surface area (Å²) in [4.78, 5) is 25.2. The first-order valence-electron chi connectivity index (χ1n) is 7.66. The number of carbonyl (C=O) groups is 2. The van der Waals surface area contributed by atoms with E-state index in [4.69, 9.17) is 4.74 Å². The van der Waals surface area contributed by atoms with Crippen molar-refractivity contribution in [1.29, 1.82) is 0 Å². The van der Waals surface area contributed by atoms with Gasteiger partial charge in [-0.1, -0.05) is 12.1 Å². The lowest BCUT2D eigenvalue weighted by Crippen LogP contribution is -2.47. The van der Waals surface area contributed by atoms with Crippen LogP contribution >= 0.6 is 0 Å². The van der Waals surface area contributed by atoms with Crippen LogP contribution in [0.3, 0.4) is 0 Å². The van der Waals surface area contributed by atoms with Gasteiger partial charge in [0.2, 0.25) is 0 Å². The monoisotopic (exact) mass is 323 g/mol. The fraction of sp³-hybridized carbons (Fsp3) is 0.529. The molecule has 2 atom stereocenters. The predicted octanol–water partition coefficient (Wildman–Crippen LogP) is 3.22. The number of rotatable bonds is 3. The van der Waals surface area contributed by atoms with Crippen molar-refractivity contribution in [2.75, 3.05) is 0 Å². The average molecular weight is 323 g/mol. The van der Waals surface area contributed by atoms with Gasteiger partial charge in [-0.15, -0.1) is 0 Å². The predicted molar refractivity (Wildman–Crippen MR) is 82.6 cm³/mol. The Morgan fingerprint density at radius 2 is 1.87 bits per heavy atom. The van der Waals surface area contributed by atoms with Crippen LogP contribution in [0.2, 0.25) is 0 Å². The van der Waals surface area contributed by atoms with Crippen molar-refractivity contribution in [2.24, 2.45) is 0 Å². The molecule has 1 aromatic carbocycles. The first kappa shape index (κ1) is 17.2. The summed E-state index contributed by atoms with van der Waals surface area (Å²) in [6.07, 6.45) is 0.826. The van der Waals surface area contributed by atoms with Crippen molar-refractivity contribution in [3.63, 3.8) is 0 Å². The Morgan fingerprint density at radius 1 is 1.26 bits per heavy atom. The van der Waals surface area contributed by atoms with Crippen LogP contribution in [0, 0.1) is 5.82 Å². The van der Waals surface area contributed by atoms with Gasteiger partial charge in [0.25, 0.3) is 0 Å². The molecule has 0 bridgehead atoms. The minimum atomic E-state index is -1.03. The van der Waals surface area contributed by atoms with Crippen LogP contribution in [0.25, 0.3) is 0 Å². The van der Waals surface area contributed by atoms with Crippen LogP contribution in [-0.4, -0.2) is 39.8 Å². The summed E-state index contributed by atoms with van der Waals surface area (Å²) < 4.78 is 18.3. The minimum absolute atomic E-state index is 0.267. The molecule has 0 radical (unpaired) electrons. The minimum Gasteiger partial charge on any atom is -0.480 e. The number of carboxylic acid groups (broad SMARTS) is 1. The standard InChI is InChI=1S/C17H22FNO4/c1-17(2,3)23-16(22)19-13(8-9-14(19)15(20)21)10-11-4-6-12(18)7-5-11/h4-7,13-14H,8-10H2,1-3H3,(H,20,21)/t13-,14+/m1/s1. The highest BCUT2D eigenvalue weighted by molar-refractivity contribution is 5.81. The maximum atomic E-state index is 13.0. The Bertz CT molecular complexity index is 579. The molecule has 1 N–H and O–H groups in total. The van der Waals surface area contributed by atoms with Gasteiger partial charge in [0.15, 0.2) is 0 Å². The molecular weight excluding hydrogens is 301 g/mol. The van der Waals surface area contributed by atoms with E-state index in [9.17, 15) is 19.1 Å². The average Bonchev–Trinajstić information content (AvgIpc) is 2.83. The van der Waals surface area contributed by atoms with E-state index in [0.29, 0.717) is 19.3 Å². The van der Waals surface area contributed by atoms with Crippen molar-refractivity contribution in [3.8, 4) is 0 Å². The number of carboxylic acids is 1. The number of carbonyl (C=O) groups excluding carboxylic acids is 1. The molecule has 0 saturated carbocycles. The Labute approximate surface area is 135 Å². The van der Waals surface area contributed by atoms with Gasteiger partial charge in [-0.3, -0.25) is 4.90 Å². The lowest BCUT2D eigenvalue weighted by molar-refractivity contribution is -0.142. The summed E-state index contributed by atoms with van der Waals surface area (Å²) in [7, 11) is 0. The fourth-order valence-electron chi connectivity index (χ4n) is 2.81. The number of likely N-dealkylation sites (tertiary alicyclic amines) is 1. The summed E-state index contributed by atoms with van der Waals surface area (Å²) in [5.41, 5.74) is 0.166. The highest BCUT2D eigenvalue weighted by atomic mass is 19.1. The SMILES string of the molecule is CC(C)(C)OC(=O)N1[C@@H](Cc2ccc(F)cc2)CC[C@H]1C(=O)O. The maximum Gasteiger partial charge on any atom is 0.411 e. The molecule has 0 aromatic heterocycles. The molecule has 2 rings (SSSR count). The second kappa shape index (κ2) is 6.56. The second-order valence-electron chi connectivity index (χ2n) is 6.80. The molecule has 5 nitrogen and oxygen atoms in total. The van der Waals surface area contributed by atoms with Crippen molar-refractivity contribution in [2.45, 2.75) is 57.7 Å². The Morgan fingerprint density at radius 3 is 2.39 bits per heavy atom. The zero-order chi connectivity index (χ0) is 17.2. The third-order valence-corrected chi connectivity index (χ3v) is 3.78. The van der Waals surface area contributed by atoms with E-state index in [1.807, 2.05) is 0 Å². The number of halogens is 1. The number of ether oxygens (including phenoxy) is 1. The quantitative estimate of drug-likeness (QED) is 0.927. The second-order valence-corrected chi connectivity index (χ2v) is 6.80. The van der Waals surface area contributed by atoms with Gasteiger partial charge in [0.1, 0.15) is 17.5 Å². The molecule has 1 saturated heterocycles. The Balaban J connectivity index is 2.18. The molecule has 0 spiro atoms. The maximum absolute atomic E-state index is 13.0. The summed E-state index contributed by atoms with van der Waals surface area (Å²) in [6.45, 7) is 5.23. The molecule has 1 amide bonds. The Kier molecular flexibility index (Phi) is 4.92. The van der Waals surface area contributed by atoms with Crippen molar-refractivity contribution in [1.82, 2.24) is 4.90 Å². The van der Waals surface area contributed by atoms with E-state index in [-0.39, 0.29) is 11.9 Å². The number of hydrogen-bond acceptors (Lipinski definition) is 3. The topological polar surface area (TPSA) is 66.8 Å². The van der Waals surface area contributed by atoms with Crippen LogP contribution in [0.15, 0.2) is 24.3 Å². The third-order valence-electron chi connectivity index (χ3n) is 3.78. The molecule has 1 heterocycles. The molecule has 0 unspecified atom stereocenters. The molecule has 1 aromatic rings. The van der Waals surface area contributed by atoms with Gasteiger partial charge >= 0.3 is 12.1 Å². The zero-order valence-electron chi connectivity index (χ0n) is 13.6. The van der Waals surface area contributed by atoms with E-state index in [1.165, 1.54) is 17.0 Å². The third kappa shape index (κ3) is 4.43. The summed E-state index contributed by atoms with van der Waals surface area (Å²) >= 11 is 0. The summed E-state index contributed by atoms with van der Waals surface area (Å²) in [5, 5.41) is 9.35. The largest absolute Gasteiger partial charge is 0.480 e. The fourth-order valence-corrected chi connectivity index (χ4v) is 2.81. The molecule has 6 heteroatoms. The van der Waals surface area contributed by atoms with Crippen LogP contribution in [0.1, 0.15) is 39.2 Å². The normalized spacial score (nSPS) is 21.3. The van der Waals surface area contributed by atoms with Crippen LogP contribution < -0.4 is 0 Å². The van der Waals surface area contributed by atoms with Gasteiger partial charge in [-0.05, 0) is 57.7 Å². The van der Waals surface area contributed by atoms with Crippen LogP contribution in [-0.2, 0) is 16.0 Å². The molecule has 1 aliphatic rings. The number of nitrogens with zero attached hydrogens (tertiary/aromatic N) is 1. The Hall–Kier alpha value is -2.11. The molecule has 126 valence electrons. The van der Waals surface area contributed by atoms with E-state index in [2.05, 4.69) is 0 Å². The number of aliphatic carboxylic acids is 1. The van der Waals surface area contributed by atoms with E-state index in [0.717, 1.165) is 5.56 Å². The smallest absolute Gasteiger partial charge is 0.411 e. The van der Waals surface area contributed by atoms with Gasteiger partial charge < -0.3 is 9.84 Å². The first-order chi connectivity index (χ1) is 10.7. The van der Waals surface area contributed by atoms with E-state index < -0.39 is 23.7 Å². The highest BCUT2D eigenvalue weighted by Crippen LogP contribution is 2.29. The number of benzene rings is 1. The van der Waals surface area contributed by atoms with E-state index >= 15 is 0 Å². The van der Waals surface area contributed by atoms with Crippen molar-refractivity contribution in [3.05, 3.63) is 35.6 Å². The van der Waals surface area contributed by atoms with E-state index in [1.54, 1.807) is 32.9 Å². The molecule has 23 heavy (non-hydrogen) atoms. The first-order valence-corrected chi connectivity index (χ1v) is 7.66. The molecule has 1 aliphatic heterocycles. The summed E-state index contributed by atoms with van der Waals surface area (Å²) in [5.74, 6) is -1.36. The van der Waals surface area contributed by atoms with Crippen LogP contribution in [0.5, 0.6) is 0 Å². The molecular formula is C17H22FNO4. The van der Waals surface area contributed by atoms with Gasteiger partial charge in [0, 0.05) is 6.04 Å². The number of amides is 1. The molecule has 1 fully saturated rings. The highest BCUT2D eigenvalue weighted by Gasteiger charge is 2.42. The lowest BCUT2D eigenvalue weighted by atomic mass is 10.0.